The van der Waals surface area contributed by atoms with Crippen LogP contribution in [0.3, 0.4) is 0 Å². The molecule has 2 aromatic carbocycles. The predicted molar refractivity (Wildman–Crippen MR) is 103 cm³/mol. The molecule has 5 heteroatoms. The van der Waals surface area contributed by atoms with Crippen LogP contribution in [-0.4, -0.2) is 41.4 Å². The van der Waals surface area contributed by atoms with Gasteiger partial charge in [0.1, 0.15) is 5.75 Å². The van der Waals surface area contributed by atoms with Crippen LogP contribution >= 0.6 is 0 Å². The smallest absolute Gasteiger partial charge is 0.260 e. The van der Waals surface area contributed by atoms with Gasteiger partial charge in [-0.15, -0.1) is 0 Å². The molecule has 1 fully saturated rings. The SMILES string of the molecule is CC(=O)c1ccc(OCC(=O)N2CCC(Cc3cccc(CO)c3)C2)cc1. The summed E-state index contributed by atoms with van der Waals surface area (Å²) in [7, 11) is 0. The zero-order chi connectivity index (χ0) is 19.2. The molecule has 0 aliphatic carbocycles. The summed E-state index contributed by atoms with van der Waals surface area (Å²) in [4.78, 5) is 25.5. The van der Waals surface area contributed by atoms with E-state index in [9.17, 15) is 14.7 Å². The van der Waals surface area contributed by atoms with Crippen molar-refractivity contribution in [2.75, 3.05) is 19.7 Å². The van der Waals surface area contributed by atoms with Crippen LogP contribution in [0.25, 0.3) is 0 Å². The molecule has 1 heterocycles. The maximum absolute atomic E-state index is 12.4. The Morgan fingerprint density at radius 3 is 2.59 bits per heavy atom. The summed E-state index contributed by atoms with van der Waals surface area (Å²) in [6, 6.07) is 14.8. The van der Waals surface area contributed by atoms with Gasteiger partial charge < -0.3 is 14.7 Å². The van der Waals surface area contributed by atoms with Gasteiger partial charge in [0.05, 0.1) is 6.61 Å². The summed E-state index contributed by atoms with van der Waals surface area (Å²) in [5, 5.41) is 9.25. The highest BCUT2D eigenvalue weighted by Crippen LogP contribution is 2.22. The average Bonchev–Trinajstić information content (AvgIpc) is 3.15. The second-order valence-corrected chi connectivity index (χ2v) is 7.05. The number of hydrogen-bond acceptors (Lipinski definition) is 4. The molecule has 0 radical (unpaired) electrons. The minimum absolute atomic E-state index is 0.00487. The molecular weight excluding hydrogens is 342 g/mol. The molecule has 1 saturated heterocycles. The second-order valence-electron chi connectivity index (χ2n) is 7.05. The van der Waals surface area contributed by atoms with Crippen LogP contribution in [0, 0.1) is 5.92 Å². The maximum Gasteiger partial charge on any atom is 0.260 e. The standard InChI is InChI=1S/C22H25NO4/c1-16(25)20-5-7-21(8-6-20)27-15-22(26)23-10-9-18(13-23)11-17-3-2-4-19(12-17)14-24/h2-8,12,18,24H,9-11,13-15H2,1H3. The molecule has 1 atom stereocenters. The van der Waals surface area contributed by atoms with Gasteiger partial charge in [0.15, 0.2) is 12.4 Å². The van der Waals surface area contributed by atoms with Crippen molar-refractivity contribution in [3.8, 4) is 5.75 Å². The Morgan fingerprint density at radius 1 is 1.15 bits per heavy atom. The van der Waals surface area contributed by atoms with Gasteiger partial charge in [-0.2, -0.15) is 0 Å². The molecular formula is C22H25NO4. The number of benzene rings is 2. The Kier molecular flexibility index (Phi) is 6.24. The number of aliphatic hydroxyl groups excluding tert-OH is 1. The van der Waals surface area contributed by atoms with Gasteiger partial charge in [-0.1, -0.05) is 24.3 Å². The molecule has 1 unspecified atom stereocenters. The number of likely N-dealkylation sites (tertiary alicyclic amines) is 1. The number of carbonyl (C=O) groups excluding carboxylic acids is 2. The molecule has 3 rings (SSSR count). The second kappa shape index (κ2) is 8.82. The van der Waals surface area contributed by atoms with Gasteiger partial charge in [-0.05, 0) is 61.1 Å². The minimum Gasteiger partial charge on any atom is -0.484 e. The van der Waals surface area contributed by atoms with Crippen molar-refractivity contribution in [2.24, 2.45) is 5.92 Å². The van der Waals surface area contributed by atoms with E-state index in [-0.39, 0.29) is 24.9 Å². The van der Waals surface area contributed by atoms with Crippen molar-refractivity contribution in [2.45, 2.75) is 26.4 Å². The molecule has 0 spiro atoms. The number of aliphatic hydroxyl groups is 1. The van der Waals surface area contributed by atoms with E-state index in [4.69, 9.17) is 4.74 Å². The van der Waals surface area contributed by atoms with Crippen molar-refractivity contribution >= 4 is 11.7 Å². The lowest BCUT2D eigenvalue weighted by molar-refractivity contribution is -0.132. The topological polar surface area (TPSA) is 66.8 Å². The molecule has 142 valence electrons. The summed E-state index contributed by atoms with van der Waals surface area (Å²) in [5.74, 6) is 1.00. The number of amides is 1. The summed E-state index contributed by atoms with van der Waals surface area (Å²) < 4.78 is 5.57. The van der Waals surface area contributed by atoms with E-state index in [0.29, 0.717) is 17.2 Å². The number of nitrogens with zero attached hydrogens (tertiary/aromatic N) is 1. The molecule has 27 heavy (non-hydrogen) atoms. The van der Waals surface area contributed by atoms with Crippen LogP contribution in [0.2, 0.25) is 0 Å². The fourth-order valence-corrected chi connectivity index (χ4v) is 3.44. The van der Waals surface area contributed by atoms with Crippen LogP contribution in [0.4, 0.5) is 0 Å². The first-order chi connectivity index (χ1) is 13.0. The molecule has 1 N–H and O–H groups in total. The Labute approximate surface area is 159 Å². The molecule has 2 aromatic rings. The van der Waals surface area contributed by atoms with Gasteiger partial charge in [0, 0.05) is 18.7 Å². The lowest BCUT2D eigenvalue weighted by Crippen LogP contribution is -2.33. The van der Waals surface area contributed by atoms with E-state index in [1.807, 2.05) is 23.1 Å². The minimum atomic E-state index is -0.0164. The van der Waals surface area contributed by atoms with Crippen LogP contribution in [0.5, 0.6) is 5.75 Å². The third-order valence-electron chi connectivity index (χ3n) is 4.96. The van der Waals surface area contributed by atoms with Crippen LogP contribution in [-0.2, 0) is 17.8 Å². The quantitative estimate of drug-likeness (QED) is 0.764. The first-order valence-corrected chi connectivity index (χ1v) is 9.25. The molecule has 1 aliphatic heterocycles. The van der Waals surface area contributed by atoms with E-state index >= 15 is 0 Å². The van der Waals surface area contributed by atoms with Crippen molar-refractivity contribution in [3.05, 3.63) is 65.2 Å². The Balaban J connectivity index is 1.47. The van der Waals surface area contributed by atoms with Crippen molar-refractivity contribution in [1.29, 1.82) is 0 Å². The maximum atomic E-state index is 12.4. The number of ether oxygens (including phenoxy) is 1. The Morgan fingerprint density at radius 2 is 1.89 bits per heavy atom. The van der Waals surface area contributed by atoms with E-state index in [2.05, 4.69) is 6.07 Å². The largest absolute Gasteiger partial charge is 0.484 e. The number of rotatable bonds is 7. The van der Waals surface area contributed by atoms with E-state index in [1.54, 1.807) is 24.3 Å². The van der Waals surface area contributed by atoms with E-state index in [0.717, 1.165) is 31.5 Å². The summed E-state index contributed by atoms with van der Waals surface area (Å²) >= 11 is 0. The lowest BCUT2D eigenvalue weighted by Gasteiger charge is -2.17. The zero-order valence-corrected chi connectivity index (χ0v) is 15.6. The molecule has 0 saturated carbocycles. The Hall–Kier alpha value is -2.66. The third-order valence-corrected chi connectivity index (χ3v) is 4.96. The van der Waals surface area contributed by atoms with Crippen LogP contribution < -0.4 is 4.74 Å². The third kappa shape index (κ3) is 5.17. The summed E-state index contributed by atoms with van der Waals surface area (Å²) in [6.07, 6.45) is 1.88. The molecule has 0 bridgehead atoms. The summed E-state index contributed by atoms with van der Waals surface area (Å²) in [6.45, 7) is 3.05. The summed E-state index contributed by atoms with van der Waals surface area (Å²) in [5.41, 5.74) is 2.74. The predicted octanol–water partition coefficient (Wildman–Crippen LogP) is 2.85. The molecule has 1 aliphatic rings. The van der Waals surface area contributed by atoms with Gasteiger partial charge in [-0.25, -0.2) is 0 Å². The van der Waals surface area contributed by atoms with Gasteiger partial charge in [-0.3, -0.25) is 9.59 Å². The van der Waals surface area contributed by atoms with Crippen molar-refractivity contribution < 1.29 is 19.4 Å². The Bertz CT molecular complexity index is 800. The molecule has 5 nitrogen and oxygen atoms in total. The number of Topliss-reactive ketones (excluding diaryl/α,β-unsaturated/α-hetero) is 1. The molecule has 0 aromatic heterocycles. The zero-order valence-electron chi connectivity index (χ0n) is 15.6. The average molecular weight is 367 g/mol. The molecule has 1 amide bonds. The number of ketones is 1. The van der Waals surface area contributed by atoms with Crippen molar-refractivity contribution in [3.63, 3.8) is 0 Å². The first kappa shape index (κ1) is 19.1. The monoisotopic (exact) mass is 367 g/mol. The van der Waals surface area contributed by atoms with E-state index < -0.39 is 0 Å². The first-order valence-electron chi connectivity index (χ1n) is 9.25. The van der Waals surface area contributed by atoms with E-state index in [1.165, 1.54) is 12.5 Å². The van der Waals surface area contributed by atoms with Gasteiger partial charge in [0.2, 0.25) is 0 Å². The normalized spacial score (nSPS) is 16.4. The fraction of sp³-hybridized carbons (Fsp3) is 0.364. The van der Waals surface area contributed by atoms with Gasteiger partial charge in [0.25, 0.3) is 5.91 Å². The highest BCUT2D eigenvalue weighted by atomic mass is 16.5. The highest BCUT2D eigenvalue weighted by Gasteiger charge is 2.26. The van der Waals surface area contributed by atoms with Gasteiger partial charge >= 0.3 is 0 Å². The lowest BCUT2D eigenvalue weighted by atomic mass is 9.97. The highest BCUT2D eigenvalue weighted by molar-refractivity contribution is 5.94. The fourth-order valence-electron chi connectivity index (χ4n) is 3.44. The van der Waals surface area contributed by atoms with Crippen LogP contribution in [0.1, 0.15) is 34.8 Å². The van der Waals surface area contributed by atoms with Crippen LogP contribution in [0.15, 0.2) is 48.5 Å². The van der Waals surface area contributed by atoms with Crippen molar-refractivity contribution in [1.82, 2.24) is 4.90 Å². The number of carbonyl (C=O) groups is 2. The number of hydrogen-bond donors (Lipinski definition) is 1.